The average Bonchev–Trinajstić information content (AvgIpc) is 3.52. The first-order chi connectivity index (χ1) is 37.4. The molecule has 0 spiro atoms. The molecule has 2 heteroatoms. The normalized spacial score (nSPS) is 12.0. The van der Waals surface area contributed by atoms with Gasteiger partial charge in [-0.2, -0.15) is 0 Å². The summed E-state index contributed by atoms with van der Waals surface area (Å²) in [4.78, 5) is 28.2. The van der Waals surface area contributed by atoms with Crippen molar-refractivity contribution in [2.24, 2.45) is 0 Å². The van der Waals surface area contributed by atoms with Crippen molar-refractivity contribution < 1.29 is 9.59 Å². The molecule has 0 unspecified atom stereocenters. The lowest BCUT2D eigenvalue weighted by atomic mass is 9.81. The van der Waals surface area contributed by atoms with Crippen LogP contribution in [-0.2, 0) is 0 Å². The van der Waals surface area contributed by atoms with Crippen molar-refractivity contribution >= 4 is 11.6 Å². The molecule has 0 heterocycles. The van der Waals surface area contributed by atoms with E-state index in [2.05, 4.69) is 243 Å². The molecule has 12 aromatic carbocycles. The molecular formula is C74H46O2. The Balaban J connectivity index is 0.763. The van der Waals surface area contributed by atoms with E-state index < -0.39 is 0 Å². The van der Waals surface area contributed by atoms with Crippen LogP contribution in [0.1, 0.15) is 31.8 Å². The topological polar surface area (TPSA) is 34.1 Å². The van der Waals surface area contributed by atoms with Crippen LogP contribution in [0.15, 0.2) is 279 Å². The highest BCUT2D eigenvalue weighted by Gasteiger charge is 2.30. The zero-order chi connectivity index (χ0) is 50.7. The number of ketones is 2. The van der Waals surface area contributed by atoms with Crippen LogP contribution in [0.3, 0.4) is 0 Å². The number of hydrogen-bond acceptors (Lipinski definition) is 2. The van der Waals surface area contributed by atoms with E-state index in [1.807, 2.05) is 36.4 Å². The van der Waals surface area contributed by atoms with Crippen molar-refractivity contribution in [1.29, 1.82) is 0 Å². The number of rotatable bonds is 0. The van der Waals surface area contributed by atoms with Gasteiger partial charge in [0.1, 0.15) is 0 Å². The second kappa shape index (κ2) is 18.5. The van der Waals surface area contributed by atoms with Crippen molar-refractivity contribution in [2.75, 3.05) is 0 Å². The minimum Gasteiger partial charge on any atom is -0.289 e. The Hall–Kier alpha value is -10.0. The third-order valence-electron chi connectivity index (χ3n) is 15.5. The lowest BCUT2D eigenvalue weighted by Crippen LogP contribution is -2.21. The zero-order valence-corrected chi connectivity index (χ0v) is 41.4. The van der Waals surface area contributed by atoms with E-state index in [-0.39, 0.29) is 11.6 Å². The van der Waals surface area contributed by atoms with Gasteiger partial charge in [0.05, 0.1) is 0 Å². The van der Waals surface area contributed by atoms with Gasteiger partial charge in [-0.25, -0.2) is 0 Å². The van der Waals surface area contributed by atoms with Gasteiger partial charge < -0.3 is 0 Å². The maximum Gasteiger partial charge on any atom is 0.194 e. The summed E-state index contributed by atoms with van der Waals surface area (Å²) in [7, 11) is 0. The van der Waals surface area contributed by atoms with Crippen molar-refractivity contribution in [3.63, 3.8) is 0 Å². The molecule has 0 saturated carbocycles. The van der Waals surface area contributed by atoms with E-state index >= 15 is 0 Å². The maximum atomic E-state index is 14.1. The first kappa shape index (κ1) is 44.7. The van der Waals surface area contributed by atoms with Gasteiger partial charge in [-0.3, -0.25) is 9.59 Å². The molecule has 45 rings (SSSR count). The third-order valence-corrected chi connectivity index (χ3v) is 15.5. The summed E-state index contributed by atoms with van der Waals surface area (Å²) >= 11 is 0. The molecule has 33 aliphatic carbocycles. The molecule has 0 atom stereocenters. The molecule has 0 aliphatic heterocycles. The monoisotopic (exact) mass is 966 g/mol. The second-order valence-corrected chi connectivity index (χ2v) is 20.0. The minimum absolute atomic E-state index is 0.133. The fraction of sp³-hybridized carbons (Fsp3) is 0. The number of carbonyl (C=O) groups excluding carboxylic acids is 2. The second-order valence-electron chi connectivity index (χ2n) is 20.0. The summed E-state index contributed by atoms with van der Waals surface area (Å²) in [6.45, 7) is 0. The predicted octanol–water partition coefficient (Wildman–Crippen LogP) is 19.1. The van der Waals surface area contributed by atoms with Gasteiger partial charge in [0.25, 0.3) is 0 Å². The predicted molar refractivity (Wildman–Crippen MR) is 313 cm³/mol. The molecule has 2 nitrogen and oxygen atoms in total. The first-order valence-corrected chi connectivity index (χ1v) is 25.8. The van der Waals surface area contributed by atoms with E-state index in [4.69, 9.17) is 0 Å². The van der Waals surface area contributed by atoms with E-state index in [0.717, 1.165) is 66.8 Å². The maximum absolute atomic E-state index is 14.1. The van der Waals surface area contributed by atoms with Gasteiger partial charge in [0.2, 0.25) is 0 Å². The lowest BCUT2D eigenvalue weighted by molar-refractivity contribution is 0.0979. The molecule has 0 N–H and O–H groups in total. The van der Waals surface area contributed by atoms with Crippen molar-refractivity contribution in [2.45, 2.75) is 0 Å². The molecule has 26 bridgehead atoms. The Morgan fingerprint density at radius 1 is 0.118 bits per heavy atom. The molecular weight excluding hydrogens is 921 g/mol. The quantitative estimate of drug-likeness (QED) is 0.152. The Bertz CT molecular complexity index is 3890. The summed E-state index contributed by atoms with van der Waals surface area (Å²) in [5, 5.41) is 0. The van der Waals surface area contributed by atoms with E-state index in [1.54, 1.807) is 0 Å². The Morgan fingerprint density at radius 2 is 0.224 bits per heavy atom. The van der Waals surface area contributed by atoms with Crippen LogP contribution in [0, 0.1) is 0 Å². The fourth-order valence-corrected chi connectivity index (χ4v) is 11.1. The van der Waals surface area contributed by atoms with Gasteiger partial charge in [-0.05, 0) is 147 Å². The van der Waals surface area contributed by atoms with Crippen LogP contribution >= 0.6 is 0 Å². The number of hydrogen-bond donors (Lipinski definition) is 0. The molecule has 0 amide bonds. The van der Waals surface area contributed by atoms with E-state index in [0.29, 0.717) is 22.3 Å². The largest absolute Gasteiger partial charge is 0.289 e. The fourth-order valence-electron chi connectivity index (χ4n) is 11.1. The highest BCUT2D eigenvalue weighted by atomic mass is 16.1. The van der Waals surface area contributed by atoms with Gasteiger partial charge in [-0.1, -0.05) is 255 Å². The standard InChI is InChI=1S/C74H46O2/c75-73-70-44-42-68-46-72(70)74(76)69-43-41-67(45-71(69)73)65-37-33-63(34-38-65)61-29-25-59(26-30-61)57-21-17-55(18-22-57)53-13-9-51(10-14-53)49-5-1-47(2-6-49)48-3-7-50(8-4-48)52-11-15-54(16-12-52)56-19-23-58(24-20-56)60-27-31-62(32-28-60)64-35-39-66(68)40-36-64/h1-46H. The van der Waals surface area contributed by atoms with Crippen molar-refractivity contribution in [3.05, 3.63) is 301 Å². The average molecular weight is 967 g/mol. The molecule has 0 aromatic heterocycles. The van der Waals surface area contributed by atoms with Gasteiger partial charge in [0.15, 0.2) is 11.6 Å². The van der Waals surface area contributed by atoms with E-state index in [1.165, 1.54) is 55.6 Å². The van der Waals surface area contributed by atoms with Crippen LogP contribution in [0.25, 0.3) is 122 Å². The summed E-state index contributed by atoms with van der Waals surface area (Å²) < 4.78 is 0. The Morgan fingerprint density at radius 3 is 0.355 bits per heavy atom. The summed E-state index contributed by atoms with van der Waals surface area (Å²) in [6, 6.07) is 98.4. The summed E-state index contributed by atoms with van der Waals surface area (Å²) in [5.74, 6) is -0.266. The minimum atomic E-state index is -0.133. The third kappa shape index (κ3) is 8.19. The summed E-state index contributed by atoms with van der Waals surface area (Å²) in [5.41, 5.74) is 26.4. The van der Waals surface area contributed by atoms with Crippen LogP contribution in [0.4, 0.5) is 0 Å². The van der Waals surface area contributed by atoms with Crippen LogP contribution in [-0.4, -0.2) is 11.6 Å². The zero-order valence-electron chi connectivity index (χ0n) is 41.4. The van der Waals surface area contributed by atoms with E-state index in [9.17, 15) is 9.59 Å². The first-order valence-electron chi connectivity index (χ1n) is 25.8. The van der Waals surface area contributed by atoms with Crippen LogP contribution < -0.4 is 0 Å². The number of carbonyl (C=O) groups is 2. The van der Waals surface area contributed by atoms with Crippen LogP contribution in [0.2, 0.25) is 0 Å². The highest BCUT2D eigenvalue weighted by molar-refractivity contribution is 6.29. The van der Waals surface area contributed by atoms with Gasteiger partial charge in [0, 0.05) is 22.3 Å². The number of benzene rings is 12. The summed E-state index contributed by atoms with van der Waals surface area (Å²) in [6.07, 6.45) is 0. The molecule has 354 valence electrons. The molecule has 0 saturated heterocycles. The molecule has 33 aliphatic rings. The lowest BCUT2D eigenvalue weighted by Gasteiger charge is -2.19. The SMILES string of the molecule is O=C1c2ccc3cc2C(=O)c2ccc(cc21)-c1ccc(cc1)-c1ccc(cc1)-c1ccc(cc1)-c1ccc(cc1)-c1ccc(cc1)-c1ccc(cc1)-c1ccc(cc1)-c1ccc(cc1)-c1ccc(cc1)-c1ccc-3cc1. The molecule has 12 aromatic rings. The smallest absolute Gasteiger partial charge is 0.194 e. The Labute approximate surface area is 442 Å². The van der Waals surface area contributed by atoms with Crippen molar-refractivity contribution in [3.8, 4) is 122 Å². The Kier molecular flexibility index (Phi) is 10.9. The van der Waals surface area contributed by atoms with Crippen LogP contribution in [0.5, 0.6) is 0 Å². The molecule has 0 fully saturated rings. The highest BCUT2D eigenvalue weighted by Crippen LogP contribution is 2.37. The molecule has 76 heavy (non-hydrogen) atoms. The van der Waals surface area contributed by atoms with Crippen molar-refractivity contribution in [1.82, 2.24) is 0 Å². The van der Waals surface area contributed by atoms with Gasteiger partial charge in [-0.15, -0.1) is 0 Å². The van der Waals surface area contributed by atoms with Gasteiger partial charge >= 0.3 is 0 Å². The molecule has 0 radical (unpaired) electrons.